The lowest BCUT2D eigenvalue weighted by Crippen LogP contribution is -2.02. The van der Waals surface area contributed by atoms with Crippen LogP contribution in [0, 0.1) is 5.82 Å². The zero-order valence-corrected chi connectivity index (χ0v) is 8.39. The Labute approximate surface area is 86.3 Å². The third kappa shape index (κ3) is 2.12. The van der Waals surface area contributed by atoms with Gasteiger partial charge in [0.15, 0.2) is 12.1 Å². The molecule has 1 aromatic heterocycles. The third-order valence-corrected chi connectivity index (χ3v) is 2.08. The Morgan fingerprint density at radius 1 is 1.57 bits per heavy atom. The van der Waals surface area contributed by atoms with E-state index in [1.54, 1.807) is 0 Å². The molecule has 0 aromatic carbocycles. The Bertz CT molecular complexity index is 357. The maximum absolute atomic E-state index is 13.1. The summed E-state index contributed by atoms with van der Waals surface area (Å²) >= 11 is 2.89. The molecule has 0 bridgehead atoms. The van der Waals surface area contributed by atoms with Crippen LogP contribution in [0.5, 0.6) is 0 Å². The van der Waals surface area contributed by atoms with E-state index in [2.05, 4.69) is 20.9 Å². The van der Waals surface area contributed by atoms with Gasteiger partial charge in [-0.2, -0.15) is 0 Å². The van der Waals surface area contributed by atoms with Gasteiger partial charge in [0, 0.05) is 5.33 Å². The van der Waals surface area contributed by atoms with Crippen molar-refractivity contribution >= 4 is 22.2 Å². The molecule has 0 fully saturated rings. The first-order valence-electron chi connectivity index (χ1n) is 3.58. The van der Waals surface area contributed by atoms with Gasteiger partial charge in [-0.25, -0.2) is 18.2 Å². The number of alkyl halides is 3. The van der Waals surface area contributed by atoms with E-state index in [1.807, 2.05) is 0 Å². The van der Waals surface area contributed by atoms with Gasteiger partial charge in [-0.3, -0.25) is 4.79 Å². The van der Waals surface area contributed by atoms with Crippen LogP contribution in [-0.2, 0) is 5.33 Å². The quantitative estimate of drug-likeness (QED) is 0.623. The Balaban J connectivity index is 3.31. The molecular weight excluding hydrogens is 263 g/mol. The van der Waals surface area contributed by atoms with Gasteiger partial charge in [0.1, 0.15) is 5.69 Å². The van der Waals surface area contributed by atoms with E-state index in [1.165, 1.54) is 0 Å². The summed E-state index contributed by atoms with van der Waals surface area (Å²) in [5.74, 6) is -0.860. The van der Waals surface area contributed by atoms with E-state index in [0.29, 0.717) is 0 Å². The van der Waals surface area contributed by atoms with Crippen molar-refractivity contribution in [3.05, 3.63) is 28.8 Å². The Hall–Kier alpha value is -0.910. The smallest absolute Gasteiger partial charge is 0.280 e. The molecule has 14 heavy (non-hydrogen) atoms. The zero-order valence-electron chi connectivity index (χ0n) is 6.81. The highest BCUT2D eigenvalue weighted by atomic mass is 79.9. The second-order valence-corrected chi connectivity index (χ2v) is 3.01. The summed E-state index contributed by atoms with van der Waals surface area (Å²) < 4.78 is 37.6. The fourth-order valence-electron chi connectivity index (χ4n) is 0.913. The lowest BCUT2D eigenvalue weighted by atomic mass is 10.2. The maximum atomic E-state index is 13.1. The number of hydrogen-bond acceptors (Lipinski definition) is 2. The molecule has 0 amide bonds. The van der Waals surface area contributed by atoms with Crippen LogP contribution in [0.4, 0.5) is 13.2 Å². The average Bonchev–Trinajstić information content (AvgIpc) is 2.17. The fraction of sp³-hybridized carbons (Fsp3) is 0.250. The molecule has 0 N–H and O–H groups in total. The number of hydrogen-bond donors (Lipinski definition) is 0. The third-order valence-electron chi connectivity index (χ3n) is 1.55. The molecule has 0 aliphatic rings. The van der Waals surface area contributed by atoms with Crippen LogP contribution < -0.4 is 0 Å². The molecule has 1 aromatic rings. The van der Waals surface area contributed by atoms with Gasteiger partial charge in [0.05, 0.1) is 11.3 Å². The molecule has 0 radical (unpaired) electrons. The molecule has 6 heteroatoms. The standard InChI is InChI=1S/C8H5BrF3NO/c9-2-6-7(10)4(3-14)1-5(13-6)8(11)12/h1,3,8H,2H2. The molecule has 0 saturated heterocycles. The van der Waals surface area contributed by atoms with Crippen LogP contribution in [0.1, 0.15) is 28.2 Å². The van der Waals surface area contributed by atoms with Crippen molar-refractivity contribution < 1.29 is 18.0 Å². The van der Waals surface area contributed by atoms with Crippen LogP contribution >= 0.6 is 15.9 Å². The minimum Gasteiger partial charge on any atom is -0.298 e. The summed E-state index contributed by atoms with van der Waals surface area (Å²) in [4.78, 5) is 13.7. The van der Waals surface area contributed by atoms with Crippen molar-refractivity contribution in [2.45, 2.75) is 11.8 Å². The molecule has 0 aliphatic carbocycles. The highest BCUT2D eigenvalue weighted by Crippen LogP contribution is 2.21. The van der Waals surface area contributed by atoms with Crippen LogP contribution in [-0.4, -0.2) is 11.3 Å². The Morgan fingerprint density at radius 2 is 2.21 bits per heavy atom. The molecule has 1 heterocycles. The molecule has 0 unspecified atom stereocenters. The number of pyridine rings is 1. The Kier molecular flexibility index (Phi) is 3.62. The van der Waals surface area contributed by atoms with Crippen molar-refractivity contribution in [3.63, 3.8) is 0 Å². The first-order valence-corrected chi connectivity index (χ1v) is 4.71. The molecule has 0 atom stereocenters. The monoisotopic (exact) mass is 267 g/mol. The number of aromatic nitrogens is 1. The van der Waals surface area contributed by atoms with Gasteiger partial charge in [-0.1, -0.05) is 15.9 Å². The fourth-order valence-corrected chi connectivity index (χ4v) is 1.28. The van der Waals surface area contributed by atoms with Crippen LogP contribution in [0.15, 0.2) is 6.07 Å². The summed E-state index contributed by atoms with van der Waals surface area (Å²) in [6, 6.07) is 0.749. The summed E-state index contributed by atoms with van der Waals surface area (Å²) in [7, 11) is 0. The van der Waals surface area contributed by atoms with Crippen molar-refractivity contribution in [2.24, 2.45) is 0 Å². The number of carbonyl (C=O) groups excluding carboxylic acids is 1. The van der Waals surface area contributed by atoms with E-state index in [9.17, 15) is 18.0 Å². The number of rotatable bonds is 3. The summed E-state index contributed by atoms with van der Waals surface area (Å²) in [6.07, 6.45) is -2.62. The van der Waals surface area contributed by atoms with E-state index < -0.39 is 23.5 Å². The van der Waals surface area contributed by atoms with Crippen LogP contribution in [0.25, 0.3) is 0 Å². The van der Waals surface area contributed by atoms with E-state index in [-0.39, 0.29) is 17.3 Å². The minimum atomic E-state index is -2.81. The molecule has 0 saturated carbocycles. The number of nitrogens with zero attached hydrogens (tertiary/aromatic N) is 1. The largest absolute Gasteiger partial charge is 0.298 e. The molecule has 2 nitrogen and oxygen atoms in total. The Morgan fingerprint density at radius 3 is 2.64 bits per heavy atom. The van der Waals surface area contributed by atoms with Crippen molar-refractivity contribution in [3.8, 4) is 0 Å². The van der Waals surface area contributed by atoms with Crippen molar-refractivity contribution in [1.82, 2.24) is 4.98 Å². The normalized spacial score (nSPS) is 10.6. The molecule has 0 aliphatic heterocycles. The van der Waals surface area contributed by atoms with E-state index >= 15 is 0 Å². The molecular formula is C8H5BrF3NO. The number of aldehydes is 1. The lowest BCUT2D eigenvalue weighted by molar-refractivity contribution is 0.111. The van der Waals surface area contributed by atoms with Crippen molar-refractivity contribution in [1.29, 1.82) is 0 Å². The van der Waals surface area contributed by atoms with Gasteiger partial charge < -0.3 is 0 Å². The summed E-state index contributed by atoms with van der Waals surface area (Å²) in [5.41, 5.74) is -1.18. The highest BCUT2D eigenvalue weighted by Gasteiger charge is 2.16. The second kappa shape index (κ2) is 4.54. The molecule has 1 rings (SSSR count). The van der Waals surface area contributed by atoms with Gasteiger partial charge in [0.25, 0.3) is 6.43 Å². The van der Waals surface area contributed by atoms with Crippen LogP contribution in [0.2, 0.25) is 0 Å². The topological polar surface area (TPSA) is 30.0 Å². The zero-order chi connectivity index (χ0) is 10.7. The predicted octanol–water partition coefficient (Wildman–Crippen LogP) is 2.87. The summed E-state index contributed by atoms with van der Waals surface area (Å²) in [5, 5.41) is -0.0137. The van der Waals surface area contributed by atoms with Crippen LogP contribution in [0.3, 0.4) is 0 Å². The average molecular weight is 268 g/mol. The predicted molar refractivity (Wildman–Crippen MR) is 47.2 cm³/mol. The maximum Gasteiger partial charge on any atom is 0.280 e. The number of carbonyl (C=O) groups is 1. The SMILES string of the molecule is O=Cc1cc(C(F)F)nc(CBr)c1F. The second-order valence-electron chi connectivity index (χ2n) is 2.45. The first kappa shape index (κ1) is 11.2. The number of halogens is 4. The van der Waals surface area contributed by atoms with E-state index in [4.69, 9.17) is 0 Å². The highest BCUT2D eigenvalue weighted by molar-refractivity contribution is 9.08. The van der Waals surface area contributed by atoms with Gasteiger partial charge in [-0.15, -0.1) is 0 Å². The minimum absolute atomic E-state index is 0.0137. The van der Waals surface area contributed by atoms with Gasteiger partial charge >= 0.3 is 0 Å². The van der Waals surface area contributed by atoms with Gasteiger partial charge in [0.2, 0.25) is 0 Å². The summed E-state index contributed by atoms with van der Waals surface area (Å²) in [6.45, 7) is 0. The van der Waals surface area contributed by atoms with Crippen molar-refractivity contribution in [2.75, 3.05) is 0 Å². The van der Waals surface area contributed by atoms with Gasteiger partial charge in [-0.05, 0) is 6.07 Å². The van der Waals surface area contributed by atoms with E-state index in [0.717, 1.165) is 6.07 Å². The molecule has 76 valence electrons. The first-order chi connectivity index (χ1) is 6.60. The lowest BCUT2D eigenvalue weighted by Gasteiger charge is -2.04. The molecule has 0 spiro atoms.